The Morgan fingerprint density at radius 2 is 2.07 bits per heavy atom. The molecule has 0 aliphatic carbocycles. The van der Waals surface area contributed by atoms with E-state index in [0.29, 0.717) is 6.04 Å². The van der Waals surface area contributed by atoms with Crippen LogP contribution in [0.1, 0.15) is 44.6 Å². The van der Waals surface area contributed by atoms with E-state index in [1.165, 1.54) is 19.3 Å². The van der Waals surface area contributed by atoms with Crippen LogP contribution in [0, 0.1) is 13.8 Å². The largest absolute Gasteiger partial charge is 0.368 e. The Balaban J connectivity index is 2.56. The summed E-state index contributed by atoms with van der Waals surface area (Å²) in [7, 11) is 0. The predicted molar refractivity (Wildman–Crippen MR) is 64.1 cm³/mol. The van der Waals surface area contributed by atoms with Crippen LogP contribution >= 0.6 is 0 Å². The fourth-order valence-electron chi connectivity index (χ4n) is 1.63. The van der Waals surface area contributed by atoms with Crippen molar-refractivity contribution >= 4 is 5.82 Å². The van der Waals surface area contributed by atoms with E-state index in [0.717, 1.165) is 17.3 Å². The highest BCUT2D eigenvalue weighted by molar-refractivity contribution is 5.36. The molecule has 84 valence electrons. The van der Waals surface area contributed by atoms with Crippen molar-refractivity contribution in [1.82, 2.24) is 9.97 Å². The highest BCUT2D eigenvalue weighted by atomic mass is 15.0. The van der Waals surface area contributed by atoms with Gasteiger partial charge in [-0.25, -0.2) is 9.97 Å². The smallest absolute Gasteiger partial charge is 0.130 e. The van der Waals surface area contributed by atoms with E-state index in [4.69, 9.17) is 0 Å². The Kier molecular flexibility index (Phi) is 4.53. The number of nitrogens with one attached hydrogen (secondary N) is 1. The number of unbranched alkanes of at least 4 members (excludes halogenated alkanes) is 1. The molecule has 3 nitrogen and oxygen atoms in total. The highest BCUT2D eigenvalue weighted by Crippen LogP contribution is 2.10. The third-order valence-electron chi connectivity index (χ3n) is 2.35. The molecule has 1 rings (SSSR count). The minimum absolute atomic E-state index is 0.485. The lowest BCUT2D eigenvalue weighted by Gasteiger charge is -2.14. The topological polar surface area (TPSA) is 37.8 Å². The second-order valence-corrected chi connectivity index (χ2v) is 4.13. The van der Waals surface area contributed by atoms with Crippen LogP contribution in [0.25, 0.3) is 0 Å². The van der Waals surface area contributed by atoms with E-state index in [2.05, 4.69) is 29.1 Å². The van der Waals surface area contributed by atoms with Crippen molar-refractivity contribution in [3.63, 3.8) is 0 Å². The van der Waals surface area contributed by atoms with Crippen molar-refractivity contribution in [2.24, 2.45) is 0 Å². The predicted octanol–water partition coefficient (Wildman–Crippen LogP) is 3.08. The first-order chi connectivity index (χ1) is 7.11. The molecule has 1 N–H and O–H groups in total. The second kappa shape index (κ2) is 5.69. The molecule has 1 heterocycles. The number of rotatable bonds is 5. The van der Waals surface area contributed by atoms with E-state index in [9.17, 15) is 0 Å². The van der Waals surface area contributed by atoms with Gasteiger partial charge < -0.3 is 5.32 Å². The van der Waals surface area contributed by atoms with Gasteiger partial charge in [-0.05, 0) is 27.2 Å². The summed E-state index contributed by atoms with van der Waals surface area (Å²) in [6.07, 6.45) is 3.70. The van der Waals surface area contributed by atoms with Crippen molar-refractivity contribution in [2.45, 2.75) is 53.0 Å². The van der Waals surface area contributed by atoms with E-state index in [1.807, 2.05) is 19.9 Å². The molecule has 0 aromatic carbocycles. The van der Waals surface area contributed by atoms with E-state index in [1.54, 1.807) is 0 Å². The molecule has 3 heteroatoms. The van der Waals surface area contributed by atoms with Crippen LogP contribution in [0.5, 0.6) is 0 Å². The summed E-state index contributed by atoms with van der Waals surface area (Å²) in [4.78, 5) is 8.61. The lowest BCUT2D eigenvalue weighted by molar-refractivity contribution is 0.642. The minimum Gasteiger partial charge on any atom is -0.368 e. The zero-order chi connectivity index (χ0) is 11.3. The van der Waals surface area contributed by atoms with Gasteiger partial charge in [-0.2, -0.15) is 0 Å². The van der Waals surface area contributed by atoms with Crippen LogP contribution in [0.15, 0.2) is 6.07 Å². The lowest BCUT2D eigenvalue weighted by atomic mass is 10.1. The van der Waals surface area contributed by atoms with Crippen LogP contribution in [-0.2, 0) is 0 Å². The molecule has 0 aliphatic rings. The average molecular weight is 207 g/mol. The van der Waals surface area contributed by atoms with Crippen molar-refractivity contribution in [3.8, 4) is 0 Å². The first kappa shape index (κ1) is 12.0. The second-order valence-electron chi connectivity index (χ2n) is 4.13. The van der Waals surface area contributed by atoms with Crippen molar-refractivity contribution in [2.75, 3.05) is 5.32 Å². The monoisotopic (exact) mass is 207 g/mol. The molecule has 0 radical (unpaired) electrons. The maximum Gasteiger partial charge on any atom is 0.130 e. The third kappa shape index (κ3) is 4.28. The van der Waals surface area contributed by atoms with Crippen molar-refractivity contribution < 1.29 is 0 Å². The van der Waals surface area contributed by atoms with Gasteiger partial charge in [0, 0.05) is 17.8 Å². The van der Waals surface area contributed by atoms with Crippen LogP contribution < -0.4 is 5.32 Å². The van der Waals surface area contributed by atoms with Gasteiger partial charge in [-0.3, -0.25) is 0 Å². The summed E-state index contributed by atoms with van der Waals surface area (Å²) < 4.78 is 0. The van der Waals surface area contributed by atoms with Crippen molar-refractivity contribution in [1.29, 1.82) is 0 Å². The number of nitrogens with zero attached hydrogens (tertiary/aromatic N) is 2. The first-order valence-electron chi connectivity index (χ1n) is 5.70. The molecule has 1 aromatic heterocycles. The summed E-state index contributed by atoms with van der Waals surface area (Å²) in [5.74, 6) is 1.78. The maximum atomic E-state index is 4.36. The van der Waals surface area contributed by atoms with E-state index in [-0.39, 0.29) is 0 Å². The summed E-state index contributed by atoms with van der Waals surface area (Å²) in [6.45, 7) is 8.33. The Bertz CT molecular complexity index is 289. The number of hydrogen-bond donors (Lipinski definition) is 1. The average Bonchev–Trinajstić information content (AvgIpc) is 2.13. The zero-order valence-corrected chi connectivity index (χ0v) is 10.2. The molecular formula is C12H21N3. The molecule has 0 amide bonds. The standard InChI is InChI=1S/C12H21N3/c1-5-6-7-9(2)14-12-8-10(3)13-11(4)15-12/h8-9H,5-7H2,1-4H3,(H,13,14,15). The quantitative estimate of drug-likeness (QED) is 0.806. The molecule has 0 spiro atoms. The van der Waals surface area contributed by atoms with Gasteiger partial charge in [-0.1, -0.05) is 19.8 Å². The Morgan fingerprint density at radius 1 is 1.33 bits per heavy atom. The highest BCUT2D eigenvalue weighted by Gasteiger charge is 2.03. The van der Waals surface area contributed by atoms with Crippen LogP contribution in [-0.4, -0.2) is 16.0 Å². The van der Waals surface area contributed by atoms with Gasteiger partial charge in [0.1, 0.15) is 11.6 Å². The normalized spacial score (nSPS) is 12.5. The number of aromatic nitrogens is 2. The zero-order valence-electron chi connectivity index (χ0n) is 10.2. The minimum atomic E-state index is 0.485. The SMILES string of the molecule is CCCCC(C)Nc1cc(C)nc(C)n1. The molecule has 0 aliphatic heterocycles. The molecule has 1 atom stereocenters. The van der Waals surface area contributed by atoms with Crippen LogP contribution in [0.2, 0.25) is 0 Å². The van der Waals surface area contributed by atoms with E-state index >= 15 is 0 Å². The summed E-state index contributed by atoms with van der Waals surface area (Å²) >= 11 is 0. The third-order valence-corrected chi connectivity index (χ3v) is 2.35. The Labute approximate surface area is 92.3 Å². The number of hydrogen-bond acceptors (Lipinski definition) is 3. The van der Waals surface area contributed by atoms with Gasteiger partial charge >= 0.3 is 0 Å². The van der Waals surface area contributed by atoms with Crippen molar-refractivity contribution in [3.05, 3.63) is 17.6 Å². The fourth-order valence-corrected chi connectivity index (χ4v) is 1.63. The number of aryl methyl sites for hydroxylation is 2. The molecule has 0 bridgehead atoms. The van der Waals surface area contributed by atoms with Gasteiger partial charge in [0.15, 0.2) is 0 Å². The molecule has 1 unspecified atom stereocenters. The molecule has 0 saturated heterocycles. The molecule has 0 saturated carbocycles. The number of anilines is 1. The lowest BCUT2D eigenvalue weighted by Crippen LogP contribution is -2.16. The summed E-state index contributed by atoms with van der Waals surface area (Å²) in [5.41, 5.74) is 1.02. The molecule has 0 fully saturated rings. The van der Waals surface area contributed by atoms with Crippen LogP contribution in [0.4, 0.5) is 5.82 Å². The first-order valence-corrected chi connectivity index (χ1v) is 5.70. The fraction of sp³-hybridized carbons (Fsp3) is 0.667. The summed E-state index contributed by atoms with van der Waals surface area (Å²) in [5, 5.41) is 3.41. The van der Waals surface area contributed by atoms with Gasteiger partial charge in [0.2, 0.25) is 0 Å². The summed E-state index contributed by atoms with van der Waals surface area (Å²) in [6, 6.07) is 2.48. The molecule has 15 heavy (non-hydrogen) atoms. The van der Waals surface area contributed by atoms with Crippen LogP contribution in [0.3, 0.4) is 0 Å². The Hall–Kier alpha value is -1.12. The van der Waals surface area contributed by atoms with Gasteiger partial charge in [0.25, 0.3) is 0 Å². The van der Waals surface area contributed by atoms with Gasteiger partial charge in [-0.15, -0.1) is 0 Å². The molecule has 1 aromatic rings. The van der Waals surface area contributed by atoms with E-state index < -0.39 is 0 Å². The Morgan fingerprint density at radius 3 is 2.67 bits per heavy atom. The molecular weight excluding hydrogens is 186 g/mol. The maximum absolute atomic E-state index is 4.36. The van der Waals surface area contributed by atoms with Gasteiger partial charge in [0.05, 0.1) is 0 Å².